The minimum Gasteiger partial charge on any atom is -0.468 e. The van der Waals surface area contributed by atoms with E-state index in [1.807, 2.05) is 11.8 Å². The topological polar surface area (TPSA) is 42.4 Å². The van der Waals surface area contributed by atoms with Crippen molar-refractivity contribution >= 4 is 11.8 Å². The predicted octanol–water partition coefficient (Wildman–Crippen LogP) is 3.27. The molecular weight excluding hydrogens is 303 g/mol. The third-order valence-corrected chi connectivity index (χ3v) is 5.56. The molecule has 2 fully saturated rings. The fourth-order valence-electron chi connectivity index (χ4n) is 3.05. The number of hydrogen-bond donors (Lipinski definition) is 1. The van der Waals surface area contributed by atoms with Gasteiger partial charge in [-0.05, 0) is 31.7 Å². The Labute approximate surface area is 124 Å². The van der Waals surface area contributed by atoms with Gasteiger partial charge in [-0.15, -0.1) is 0 Å². The maximum Gasteiger partial charge on any atom is 0.422 e. The molecule has 0 spiro atoms. The zero-order valence-corrected chi connectivity index (χ0v) is 12.1. The summed E-state index contributed by atoms with van der Waals surface area (Å²) in [6, 6.07) is 3.01. The summed E-state index contributed by atoms with van der Waals surface area (Å²) in [5.41, 5.74) is -0.244. The Hall–Kier alpha value is -0.950. The van der Waals surface area contributed by atoms with Gasteiger partial charge in [0.25, 0.3) is 0 Å². The number of thioether (sulfide) groups is 1. The highest BCUT2D eigenvalue weighted by atomic mass is 32.2. The van der Waals surface area contributed by atoms with E-state index in [2.05, 4.69) is 9.72 Å². The van der Waals surface area contributed by atoms with Gasteiger partial charge >= 0.3 is 6.18 Å². The molecule has 2 unspecified atom stereocenters. The van der Waals surface area contributed by atoms with Crippen molar-refractivity contribution in [3.05, 3.63) is 23.9 Å². The monoisotopic (exact) mass is 319 g/mol. The van der Waals surface area contributed by atoms with E-state index in [1.165, 1.54) is 12.3 Å². The predicted molar refractivity (Wildman–Crippen MR) is 73.3 cm³/mol. The average Bonchev–Trinajstić information content (AvgIpc) is 2.76. The van der Waals surface area contributed by atoms with Gasteiger partial charge in [0, 0.05) is 28.3 Å². The molecule has 2 atom stereocenters. The van der Waals surface area contributed by atoms with Crippen LogP contribution in [0.4, 0.5) is 13.2 Å². The molecule has 2 bridgehead atoms. The minimum absolute atomic E-state index is 0.0761. The Kier molecular flexibility index (Phi) is 3.81. The summed E-state index contributed by atoms with van der Waals surface area (Å²) in [5.74, 6) is -0.0761. The van der Waals surface area contributed by atoms with Crippen molar-refractivity contribution in [3.63, 3.8) is 0 Å². The van der Waals surface area contributed by atoms with Gasteiger partial charge in [0.2, 0.25) is 5.88 Å². The van der Waals surface area contributed by atoms with Crippen LogP contribution >= 0.6 is 11.8 Å². The summed E-state index contributed by atoms with van der Waals surface area (Å²) >= 11 is 1.93. The first-order valence-corrected chi connectivity index (χ1v) is 7.82. The normalized spacial score (nSPS) is 32.2. The molecule has 2 aliphatic heterocycles. The second-order valence-corrected chi connectivity index (χ2v) is 7.29. The van der Waals surface area contributed by atoms with Gasteiger partial charge in [-0.2, -0.15) is 24.9 Å². The third-order valence-electron chi connectivity index (χ3n) is 3.98. The molecule has 116 valence electrons. The van der Waals surface area contributed by atoms with Gasteiger partial charge < -0.3 is 9.84 Å². The lowest BCUT2D eigenvalue weighted by molar-refractivity contribution is -0.154. The van der Waals surface area contributed by atoms with E-state index < -0.39 is 18.4 Å². The van der Waals surface area contributed by atoms with Crippen LogP contribution in [-0.2, 0) is 5.60 Å². The number of aromatic nitrogens is 1. The van der Waals surface area contributed by atoms with Crippen LogP contribution in [0.1, 0.15) is 31.2 Å². The van der Waals surface area contributed by atoms with Gasteiger partial charge in [-0.1, -0.05) is 0 Å². The lowest BCUT2D eigenvalue weighted by atomic mass is 9.87. The number of nitrogens with zero attached hydrogens (tertiary/aromatic N) is 1. The van der Waals surface area contributed by atoms with Crippen LogP contribution in [0.2, 0.25) is 0 Å². The van der Waals surface area contributed by atoms with Crippen LogP contribution in [0, 0.1) is 0 Å². The molecule has 0 radical (unpaired) electrons. The third kappa shape index (κ3) is 3.45. The maximum absolute atomic E-state index is 12.1. The fourth-order valence-corrected chi connectivity index (χ4v) is 4.88. The summed E-state index contributed by atoms with van der Waals surface area (Å²) in [7, 11) is 0. The lowest BCUT2D eigenvalue weighted by Gasteiger charge is -2.36. The molecule has 0 amide bonds. The Morgan fingerprint density at radius 2 is 1.95 bits per heavy atom. The zero-order chi connectivity index (χ0) is 15.1. The van der Waals surface area contributed by atoms with Gasteiger partial charge in [0.1, 0.15) is 0 Å². The number of rotatable bonds is 3. The first kappa shape index (κ1) is 15.0. The standard InChI is InChI=1S/C14H16F3NO2S/c15-14(16,17)8-20-12-4-1-9(7-18-12)13(19)5-10-2-3-11(6-13)21-10/h1,4,7,10-11,19H,2-3,5-6,8H2. The first-order chi connectivity index (χ1) is 9.84. The molecule has 0 saturated carbocycles. The molecule has 3 nitrogen and oxygen atoms in total. The van der Waals surface area contributed by atoms with E-state index in [1.54, 1.807) is 6.07 Å². The molecule has 2 saturated heterocycles. The van der Waals surface area contributed by atoms with E-state index in [0.717, 1.165) is 12.8 Å². The SMILES string of the molecule is OC1(c2ccc(OCC(F)(F)F)nc2)CC2CCC(C1)S2. The molecule has 0 aromatic carbocycles. The number of pyridine rings is 1. The molecule has 0 aliphatic carbocycles. The van der Waals surface area contributed by atoms with Gasteiger partial charge in [0.15, 0.2) is 6.61 Å². The second-order valence-electron chi connectivity index (χ2n) is 5.69. The van der Waals surface area contributed by atoms with Crippen LogP contribution in [-0.4, -0.2) is 33.4 Å². The van der Waals surface area contributed by atoms with E-state index in [9.17, 15) is 18.3 Å². The van der Waals surface area contributed by atoms with Crippen molar-refractivity contribution in [1.82, 2.24) is 4.98 Å². The molecule has 1 aromatic heterocycles. The maximum atomic E-state index is 12.1. The van der Waals surface area contributed by atoms with Crippen LogP contribution in [0.5, 0.6) is 5.88 Å². The Morgan fingerprint density at radius 3 is 2.48 bits per heavy atom. The minimum atomic E-state index is -4.38. The molecule has 7 heteroatoms. The largest absolute Gasteiger partial charge is 0.468 e. The molecular formula is C14H16F3NO2S. The number of hydrogen-bond acceptors (Lipinski definition) is 4. The molecule has 1 aromatic rings. The summed E-state index contributed by atoms with van der Waals surface area (Å²) in [6.07, 6.45) is 0.659. The van der Waals surface area contributed by atoms with Crippen LogP contribution in [0.3, 0.4) is 0 Å². The second kappa shape index (κ2) is 5.35. The quantitative estimate of drug-likeness (QED) is 0.928. The van der Waals surface area contributed by atoms with Crippen molar-refractivity contribution in [2.45, 2.75) is 48.0 Å². The van der Waals surface area contributed by atoms with E-state index >= 15 is 0 Å². The van der Waals surface area contributed by atoms with Gasteiger partial charge in [-0.3, -0.25) is 0 Å². The molecule has 21 heavy (non-hydrogen) atoms. The highest BCUT2D eigenvalue weighted by Gasteiger charge is 2.44. The highest BCUT2D eigenvalue weighted by molar-refractivity contribution is 8.00. The number of aliphatic hydroxyl groups is 1. The number of alkyl halides is 3. The zero-order valence-electron chi connectivity index (χ0n) is 11.3. The van der Waals surface area contributed by atoms with Crippen molar-refractivity contribution in [3.8, 4) is 5.88 Å². The van der Waals surface area contributed by atoms with E-state index in [0.29, 0.717) is 28.9 Å². The summed E-state index contributed by atoms with van der Waals surface area (Å²) in [5, 5.41) is 11.7. The Bertz CT molecular complexity index is 494. The molecule has 1 N–H and O–H groups in total. The summed E-state index contributed by atoms with van der Waals surface area (Å²) in [6.45, 7) is -1.36. The smallest absolute Gasteiger partial charge is 0.422 e. The molecule has 2 aliphatic rings. The number of fused-ring (bicyclic) bond motifs is 2. The van der Waals surface area contributed by atoms with Gasteiger partial charge in [0.05, 0.1) is 5.60 Å². The highest BCUT2D eigenvalue weighted by Crippen LogP contribution is 2.51. The molecule has 3 heterocycles. The Morgan fingerprint density at radius 1 is 1.29 bits per heavy atom. The summed E-state index contributed by atoms with van der Waals surface area (Å²) < 4.78 is 40.8. The first-order valence-electron chi connectivity index (χ1n) is 6.88. The number of halogens is 3. The summed E-state index contributed by atoms with van der Waals surface area (Å²) in [4.78, 5) is 3.88. The Balaban J connectivity index is 1.69. The van der Waals surface area contributed by atoms with Crippen molar-refractivity contribution in [2.24, 2.45) is 0 Å². The van der Waals surface area contributed by atoms with E-state index in [4.69, 9.17) is 0 Å². The van der Waals surface area contributed by atoms with E-state index in [-0.39, 0.29) is 5.88 Å². The van der Waals surface area contributed by atoms with Crippen molar-refractivity contribution in [2.75, 3.05) is 6.61 Å². The van der Waals surface area contributed by atoms with Gasteiger partial charge in [-0.25, -0.2) is 4.98 Å². The van der Waals surface area contributed by atoms with Crippen molar-refractivity contribution < 1.29 is 23.0 Å². The number of ether oxygens (including phenoxy) is 1. The molecule has 3 rings (SSSR count). The van der Waals surface area contributed by atoms with Crippen LogP contribution < -0.4 is 4.74 Å². The fraction of sp³-hybridized carbons (Fsp3) is 0.643. The van der Waals surface area contributed by atoms with Crippen molar-refractivity contribution in [1.29, 1.82) is 0 Å². The average molecular weight is 319 g/mol. The van der Waals surface area contributed by atoms with Crippen LogP contribution in [0.15, 0.2) is 18.3 Å². The van der Waals surface area contributed by atoms with Crippen LogP contribution in [0.25, 0.3) is 0 Å². The lowest BCUT2D eigenvalue weighted by Crippen LogP contribution is -2.34.